The Bertz CT molecular complexity index is 230. The van der Waals surface area contributed by atoms with Crippen molar-refractivity contribution < 1.29 is 14.6 Å². The minimum atomic E-state index is -0.931. The van der Waals surface area contributed by atoms with Crippen molar-refractivity contribution >= 4 is 5.97 Å². The van der Waals surface area contributed by atoms with Crippen LogP contribution in [0.5, 0.6) is 0 Å². The van der Waals surface area contributed by atoms with Crippen molar-refractivity contribution in [1.82, 2.24) is 0 Å². The summed E-state index contributed by atoms with van der Waals surface area (Å²) in [4.78, 5) is 10.2. The van der Waals surface area contributed by atoms with Crippen LogP contribution in [-0.4, -0.2) is 23.3 Å². The summed E-state index contributed by atoms with van der Waals surface area (Å²) >= 11 is 0. The van der Waals surface area contributed by atoms with E-state index >= 15 is 0 Å². The lowest BCUT2D eigenvalue weighted by Gasteiger charge is -2.25. The molecule has 0 fully saturated rings. The third-order valence-corrected chi connectivity index (χ3v) is 1.74. The van der Waals surface area contributed by atoms with Crippen LogP contribution >= 0.6 is 0 Å². The zero-order chi connectivity index (χ0) is 9.03. The zero-order valence-corrected chi connectivity index (χ0v) is 6.99. The average Bonchev–Trinajstić information content (AvgIpc) is 2.03. The fourth-order valence-electron chi connectivity index (χ4n) is 1.04. The van der Waals surface area contributed by atoms with Crippen LogP contribution in [0, 0.1) is 0 Å². The maximum Gasteiger partial charge on any atom is 0.329 e. The minimum absolute atomic E-state index is 0.241. The van der Waals surface area contributed by atoms with Gasteiger partial charge in [0.1, 0.15) is 6.61 Å². The summed E-state index contributed by atoms with van der Waals surface area (Å²) in [5.41, 5.74) is -0.437. The predicted molar refractivity (Wildman–Crippen MR) is 44.9 cm³/mol. The second-order valence-electron chi connectivity index (χ2n) is 2.99. The molecule has 0 heterocycles. The molecule has 1 unspecified atom stereocenters. The van der Waals surface area contributed by atoms with Crippen molar-refractivity contribution in [2.45, 2.75) is 18.9 Å². The van der Waals surface area contributed by atoms with E-state index in [4.69, 9.17) is 9.84 Å². The highest BCUT2D eigenvalue weighted by atomic mass is 16.5. The molecular weight excluding hydrogens is 156 g/mol. The van der Waals surface area contributed by atoms with E-state index in [0.717, 1.165) is 6.42 Å². The summed E-state index contributed by atoms with van der Waals surface area (Å²) in [6.45, 7) is 1.63. The number of carboxylic acids is 1. The van der Waals surface area contributed by atoms with Gasteiger partial charge in [-0.15, -0.1) is 0 Å². The number of allylic oxidation sites excluding steroid dienone is 2. The Morgan fingerprint density at radius 1 is 1.67 bits per heavy atom. The molecule has 1 rings (SSSR count). The van der Waals surface area contributed by atoms with Gasteiger partial charge in [-0.05, 0) is 13.3 Å². The maximum absolute atomic E-state index is 10.2. The largest absolute Gasteiger partial charge is 0.480 e. The van der Waals surface area contributed by atoms with Crippen molar-refractivity contribution in [3.05, 3.63) is 24.3 Å². The predicted octanol–water partition coefficient (Wildman–Crippen LogP) is 1.36. The summed E-state index contributed by atoms with van der Waals surface area (Å²) in [5.74, 6) is -0.931. The Morgan fingerprint density at radius 3 is 2.92 bits per heavy atom. The van der Waals surface area contributed by atoms with E-state index in [1.807, 2.05) is 31.2 Å². The Hall–Kier alpha value is -1.09. The van der Waals surface area contributed by atoms with Crippen LogP contribution in [0.1, 0.15) is 13.3 Å². The maximum atomic E-state index is 10.2. The first kappa shape index (κ1) is 9.00. The Balaban J connectivity index is 2.44. The molecule has 0 bridgehead atoms. The normalized spacial score (nSPS) is 27.4. The van der Waals surface area contributed by atoms with E-state index in [1.165, 1.54) is 0 Å². The average molecular weight is 168 g/mol. The van der Waals surface area contributed by atoms with E-state index in [2.05, 4.69) is 0 Å². The lowest BCUT2D eigenvalue weighted by molar-refractivity contribution is -0.146. The zero-order valence-electron chi connectivity index (χ0n) is 6.99. The van der Waals surface area contributed by atoms with Gasteiger partial charge in [0.15, 0.2) is 0 Å². The number of hydrogen-bond acceptors (Lipinski definition) is 2. The lowest BCUT2D eigenvalue weighted by atomic mass is 9.98. The summed E-state index contributed by atoms with van der Waals surface area (Å²) in [6, 6.07) is 0. The summed E-state index contributed by atoms with van der Waals surface area (Å²) < 4.78 is 5.19. The van der Waals surface area contributed by atoms with Crippen molar-refractivity contribution in [1.29, 1.82) is 0 Å². The molecule has 1 aliphatic carbocycles. The molecule has 12 heavy (non-hydrogen) atoms. The van der Waals surface area contributed by atoms with Crippen LogP contribution in [0.15, 0.2) is 24.3 Å². The molecule has 0 aromatic carbocycles. The third kappa shape index (κ3) is 2.51. The Morgan fingerprint density at radius 2 is 2.42 bits per heavy atom. The van der Waals surface area contributed by atoms with Crippen LogP contribution in [0.25, 0.3) is 0 Å². The molecule has 66 valence electrons. The van der Waals surface area contributed by atoms with Gasteiger partial charge in [-0.3, -0.25) is 0 Å². The monoisotopic (exact) mass is 168 g/mol. The number of hydrogen-bond donors (Lipinski definition) is 1. The Kier molecular flexibility index (Phi) is 2.65. The number of carbonyl (C=O) groups is 1. The lowest BCUT2D eigenvalue weighted by Crippen LogP contribution is -2.29. The molecule has 3 nitrogen and oxygen atoms in total. The number of aliphatic carboxylic acids is 1. The molecule has 0 saturated carbocycles. The molecule has 0 amide bonds. The summed E-state index contributed by atoms with van der Waals surface area (Å²) in [7, 11) is 0. The fourth-order valence-corrected chi connectivity index (χ4v) is 1.04. The van der Waals surface area contributed by atoms with Crippen LogP contribution in [0.3, 0.4) is 0 Å². The SMILES string of the molecule is CC1(OCC(=O)O)C=CC=CC1. The molecule has 1 aliphatic rings. The summed E-state index contributed by atoms with van der Waals surface area (Å²) in [5, 5.41) is 8.39. The quantitative estimate of drug-likeness (QED) is 0.692. The van der Waals surface area contributed by atoms with Gasteiger partial charge in [-0.1, -0.05) is 24.3 Å². The molecule has 1 atom stereocenters. The van der Waals surface area contributed by atoms with E-state index in [-0.39, 0.29) is 6.61 Å². The molecule has 0 aliphatic heterocycles. The molecule has 1 N–H and O–H groups in total. The fraction of sp³-hybridized carbons (Fsp3) is 0.444. The molecule has 0 radical (unpaired) electrons. The number of rotatable bonds is 3. The van der Waals surface area contributed by atoms with Gasteiger partial charge in [-0.2, -0.15) is 0 Å². The first-order valence-electron chi connectivity index (χ1n) is 3.82. The van der Waals surface area contributed by atoms with Crippen LogP contribution in [0.4, 0.5) is 0 Å². The van der Waals surface area contributed by atoms with Crippen molar-refractivity contribution in [2.75, 3.05) is 6.61 Å². The van der Waals surface area contributed by atoms with Crippen molar-refractivity contribution in [2.24, 2.45) is 0 Å². The van der Waals surface area contributed by atoms with E-state index < -0.39 is 11.6 Å². The van der Waals surface area contributed by atoms with Gasteiger partial charge in [0.05, 0.1) is 5.60 Å². The summed E-state index contributed by atoms with van der Waals surface area (Å²) in [6.07, 6.45) is 8.35. The first-order valence-corrected chi connectivity index (χ1v) is 3.82. The van der Waals surface area contributed by atoms with Gasteiger partial charge in [0.25, 0.3) is 0 Å². The van der Waals surface area contributed by atoms with Crippen LogP contribution in [-0.2, 0) is 9.53 Å². The molecule has 0 aromatic rings. The minimum Gasteiger partial charge on any atom is -0.480 e. The standard InChI is InChI=1S/C9H12O3/c1-9(12-7-8(10)11)5-3-2-4-6-9/h2-5H,6-7H2,1H3,(H,10,11). The van der Waals surface area contributed by atoms with E-state index in [9.17, 15) is 4.79 Å². The molecule has 3 heteroatoms. The van der Waals surface area contributed by atoms with E-state index in [0.29, 0.717) is 0 Å². The molecule has 0 aromatic heterocycles. The second kappa shape index (κ2) is 3.54. The van der Waals surface area contributed by atoms with Crippen molar-refractivity contribution in [3.63, 3.8) is 0 Å². The molecule has 0 saturated heterocycles. The smallest absolute Gasteiger partial charge is 0.329 e. The first-order chi connectivity index (χ1) is 5.62. The highest BCUT2D eigenvalue weighted by molar-refractivity contribution is 5.68. The molecular formula is C9H12O3. The van der Waals surface area contributed by atoms with Gasteiger partial charge in [-0.25, -0.2) is 4.79 Å². The van der Waals surface area contributed by atoms with Gasteiger partial charge in [0, 0.05) is 0 Å². The highest BCUT2D eigenvalue weighted by Crippen LogP contribution is 2.20. The topological polar surface area (TPSA) is 46.5 Å². The third-order valence-electron chi connectivity index (χ3n) is 1.74. The molecule has 0 spiro atoms. The number of carboxylic acid groups (broad SMARTS) is 1. The van der Waals surface area contributed by atoms with Crippen LogP contribution < -0.4 is 0 Å². The van der Waals surface area contributed by atoms with Crippen LogP contribution in [0.2, 0.25) is 0 Å². The van der Waals surface area contributed by atoms with Gasteiger partial charge in [0.2, 0.25) is 0 Å². The van der Waals surface area contributed by atoms with Crippen molar-refractivity contribution in [3.8, 4) is 0 Å². The highest BCUT2D eigenvalue weighted by Gasteiger charge is 2.22. The Labute approximate surface area is 71.3 Å². The second-order valence-corrected chi connectivity index (χ2v) is 2.99. The van der Waals surface area contributed by atoms with Gasteiger partial charge < -0.3 is 9.84 Å². The van der Waals surface area contributed by atoms with Gasteiger partial charge >= 0.3 is 5.97 Å². The van der Waals surface area contributed by atoms with E-state index in [1.54, 1.807) is 0 Å². The number of ether oxygens (including phenoxy) is 1.